The van der Waals surface area contributed by atoms with Crippen molar-refractivity contribution in [3.05, 3.63) is 53.3 Å². The molecule has 0 N–H and O–H groups in total. The summed E-state index contributed by atoms with van der Waals surface area (Å²) in [6.07, 6.45) is -4.60. The van der Waals surface area contributed by atoms with Crippen molar-refractivity contribution in [2.24, 2.45) is 0 Å². The maximum Gasteiger partial charge on any atom is 0.449 e. The number of imidazole rings is 1. The van der Waals surface area contributed by atoms with Gasteiger partial charge in [0.25, 0.3) is 0 Å². The van der Waals surface area contributed by atoms with E-state index in [0.717, 1.165) is 4.57 Å². The van der Waals surface area contributed by atoms with Crippen molar-refractivity contribution in [1.82, 2.24) is 9.55 Å². The Morgan fingerprint density at radius 2 is 1.73 bits per heavy atom. The minimum absolute atomic E-state index is 0.0311. The summed E-state index contributed by atoms with van der Waals surface area (Å²) < 4.78 is 52.5. The first-order chi connectivity index (χ1) is 12.5. The lowest BCUT2D eigenvalue weighted by atomic mass is 10.1. The number of ether oxygens (including phenoxy) is 2. The molecule has 0 saturated carbocycles. The molecule has 2 heterocycles. The Bertz CT molecular complexity index is 1020. The summed E-state index contributed by atoms with van der Waals surface area (Å²) in [6.45, 7) is 0.654. The maximum absolute atomic E-state index is 13.5. The monoisotopic (exact) mass is 359 g/mol. The molecule has 132 valence electrons. The van der Waals surface area contributed by atoms with Crippen LogP contribution in [-0.2, 0) is 12.7 Å². The van der Waals surface area contributed by atoms with Gasteiger partial charge in [0.15, 0.2) is 11.5 Å². The van der Waals surface area contributed by atoms with Crippen LogP contribution in [0.3, 0.4) is 0 Å². The molecule has 0 atom stereocenters. The smallest absolute Gasteiger partial charge is 0.449 e. The summed E-state index contributed by atoms with van der Waals surface area (Å²) in [5, 5.41) is 8.85. The van der Waals surface area contributed by atoms with Crippen molar-refractivity contribution in [3.8, 4) is 17.6 Å². The van der Waals surface area contributed by atoms with Gasteiger partial charge in [-0.1, -0.05) is 12.1 Å². The van der Waals surface area contributed by atoms with Gasteiger partial charge in [-0.15, -0.1) is 0 Å². The number of hydrogen-bond acceptors (Lipinski definition) is 4. The van der Waals surface area contributed by atoms with Gasteiger partial charge in [-0.25, -0.2) is 4.98 Å². The molecule has 2 aromatic carbocycles. The van der Waals surface area contributed by atoms with E-state index in [1.54, 1.807) is 24.3 Å². The molecule has 0 amide bonds. The Hall–Kier alpha value is -3.21. The van der Waals surface area contributed by atoms with Gasteiger partial charge in [0.1, 0.15) is 13.2 Å². The molecule has 0 radical (unpaired) electrons. The molecule has 4 rings (SSSR count). The summed E-state index contributed by atoms with van der Waals surface area (Å²) >= 11 is 0. The standard InChI is InChI=1S/C18H12F3N3O2/c19-18(20,21)17-23-13-7-15-16(26-6-5-25-15)8-14(13)24(17)10-12-3-1-11(9-22)2-4-12/h1-4,7-8H,5-6,10H2. The van der Waals surface area contributed by atoms with Crippen LogP contribution in [0.25, 0.3) is 11.0 Å². The lowest BCUT2D eigenvalue weighted by Gasteiger charge is -2.18. The van der Waals surface area contributed by atoms with Crippen LogP contribution in [0.5, 0.6) is 11.5 Å². The summed E-state index contributed by atoms with van der Waals surface area (Å²) in [6, 6.07) is 11.4. The molecule has 1 aliphatic heterocycles. The molecule has 26 heavy (non-hydrogen) atoms. The van der Waals surface area contributed by atoms with Gasteiger partial charge in [-0.05, 0) is 17.7 Å². The van der Waals surface area contributed by atoms with E-state index < -0.39 is 12.0 Å². The molecular formula is C18H12F3N3O2. The second-order valence-corrected chi connectivity index (χ2v) is 5.81. The number of hydrogen-bond donors (Lipinski definition) is 0. The van der Waals surface area contributed by atoms with Gasteiger partial charge >= 0.3 is 6.18 Å². The summed E-state index contributed by atoms with van der Waals surface area (Å²) in [5.74, 6) is -0.196. The second-order valence-electron chi connectivity index (χ2n) is 5.81. The van der Waals surface area contributed by atoms with E-state index >= 15 is 0 Å². The predicted molar refractivity (Wildman–Crippen MR) is 86.0 cm³/mol. The number of aromatic nitrogens is 2. The zero-order valence-corrected chi connectivity index (χ0v) is 13.4. The normalized spacial score (nSPS) is 13.6. The highest BCUT2D eigenvalue weighted by Gasteiger charge is 2.38. The molecule has 0 aliphatic carbocycles. The van der Waals surface area contributed by atoms with Crippen LogP contribution in [-0.4, -0.2) is 22.8 Å². The molecule has 1 aliphatic rings. The lowest BCUT2D eigenvalue weighted by Crippen LogP contribution is -2.16. The first kappa shape index (κ1) is 16.3. The van der Waals surface area contributed by atoms with E-state index in [1.165, 1.54) is 12.1 Å². The van der Waals surface area contributed by atoms with Crippen LogP contribution in [0.15, 0.2) is 36.4 Å². The zero-order chi connectivity index (χ0) is 18.3. The van der Waals surface area contributed by atoms with Crippen LogP contribution in [0, 0.1) is 11.3 Å². The lowest BCUT2D eigenvalue weighted by molar-refractivity contribution is -0.146. The summed E-state index contributed by atoms with van der Waals surface area (Å²) in [7, 11) is 0. The number of fused-ring (bicyclic) bond motifs is 2. The number of rotatable bonds is 2. The van der Waals surface area contributed by atoms with E-state index in [-0.39, 0.29) is 12.1 Å². The third kappa shape index (κ3) is 2.81. The Morgan fingerprint density at radius 3 is 2.35 bits per heavy atom. The fraction of sp³-hybridized carbons (Fsp3) is 0.222. The highest BCUT2D eigenvalue weighted by atomic mass is 19.4. The molecular weight excluding hydrogens is 347 g/mol. The number of alkyl halides is 3. The van der Waals surface area contributed by atoms with Crippen molar-refractivity contribution in [1.29, 1.82) is 5.26 Å². The fourth-order valence-corrected chi connectivity index (χ4v) is 2.91. The summed E-state index contributed by atoms with van der Waals surface area (Å²) in [5.41, 5.74) is 1.57. The van der Waals surface area contributed by atoms with Crippen LogP contribution in [0.4, 0.5) is 13.2 Å². The van der Waals surface area contributed by atoms with Crippen molar-refractivity contribution in [3.63, 3.8) is 0 Å². The first-order valence-electron chi connectivity index (χ1n) is 7.82. The molecule has 0 bridgehead atoms. The van der Waals surface area contributed by atoms with E-state index in [0.29, 0.717) is 41.4 Å². The highest BCUT2D eigenvalue weighted by molar-refractivity contribution is 5.81. The Kier molecular flexibility index (Phi) is 3.72. The van der Waals surface area contributed by atoms with Gasteiger partial charge < -0.3 is 14.0 Å². The van der Waals surface area contributed by atoms with Crippen LogP contribution in [0.2, 0.25) is 0 Å². The second kappa shape index (κ2) is 5.95. The fourth-order valence-electron chi connectivity index (χ4n) is 2.91. The largest absolute Gasteiger partial charge is 0.486 e. The minimum atomic E-state index is -4.60. The Morgan fingerprint density at radius 1 is 1.08 bits per heavy atom. The molecule has 0 unspecified atom stereocenters. The number of nitrogens with zero attached hydrogens (tertiary/aromatic N) is 3. The topological polar surface area (TPSA) is 60.1 Å². The third-order valence-corrected chi connectivity index (χ3v) is 4.09. The average molecular weight is 359 g/mol. The van der Waals surface area contributed by atoms with Crippen LogP contribution in [0.1, 0.15) is 17.0 Å². The molecule has 8 heteroatoms. The van der Waals surface area contributed by atoms with Gasteiger partial charge in [0.2, 0.25) is 5.82 Å². The predicted octanol–water partition coefficient (Wildman–Crippen LogP) is 3.75. The van der Waals surface area contributed by atoms with E-state index in [1.807, 2.05) is 6.07 Å². The number of halogens is 3. The van der Waals surface area contributed by atoms with E-state index in [2.05, 4.69) is 4.98 Å². The zero-order valence-electron chi connectivity index (χ0n) is 13.4. The molecule has 3 aromatic rings. The van der Waals surface area contributed by atoms with Gasteiger partial charge in [0, 0.05) is 18.7 Å². The Balaban J connectivity index is 1.85. The third-order valence-electron chi connectivity index (χ3n) is 4.09. The maximum atomic E-state index is 13.5. The van der Waals surface area contributed by atoms with Crippen LogP contribution < -0.4 is 9.47 Å². The van der Waals surface area contributed by atoms with Gasteiger partial charge in [-0.3, -0.25) is 0 Å². The Labute approximate surface area is 146 Å². The van der Waals surface area contributed by atoms with E-state index in [9.17, 15) is 13.2 Å². The van der Waals surface area contributed by atoms with Crippen molar-refractivity contribution < 1.29 is 22.6 Å². The quantitative estimate of drug-likeness (QED) is 0.699. The van der Waals surface area contributed by atoms with E-state index in [4.69, 9.17) is 14.7 Å². The molecule has 0 spiro atoms. The highest BCUT2D eigenvalue weighted by Crippen LogP contribution is 2.38. The molecule has 5 nitrogen and oxygen atoms in total. The molecule has 1 aromatic heterocycles. The van der Waals surface area contributed by atoms with Gasteiger partial charge in [-0.2, -0.15) is 18.4 Å². The SMILES string of the molecule is N#Cc1ccc(Cn2c(C(F)(F)F)nc3cc4c(cc32)OCCO4)cc1. The molecule has 0 saturated heterocycles. The van der Waals surface area contributed by atoms with Crippen LogP contribution >= 0.6 is 0 Å². The van der Waals surface area contributed by atoms with Crippen molar-refractivity contribution in [2.75, 3.05) is 13.2 Å². The van der Waals surface area contributed by atoms with Crippen molar-refractivity contribution in [2.45, 2.75) is 12.7 Å². The van der Waals surface area contributed by atoms with Crippen molar-refractivity contribution >= 4 is 11.0 Å². The summed E-state index contributed by atoms with van der Waals surface area (Å²) in [4.78, 5) is 3.77. The number of benzene rings is 2. The average Bonchev–Trinajstić information content (AvgIpc) is 2.98. The number of nitriles is 1. The first-order valence-corrected chi connectivity index (χ1v) is 7.82. The molecule has 0 fully saturated rings. The minimum Gasteiger partial charge on any atom is -0.486 e. The van der Waals surface area contributed by atoms with Gasteiger partial charge in [0.05, 0.1) is 22.7 Å².